The minimum Gasteiger partial charge on any atom is -0.756 e. The molecule has 0 saturated carbocycles. The van der Waals surface area contributed by atoms with Crippen molar-refractivity contribution in [1.29, 1.82) is 0 Å². The molecule has 1 aromatic rings. The summed E-state index contributed by atoms with van der Waals surface area (Å²) in [5.41, 5.74) is 10.2. The van der Waals surface area contributed by atoms with Crippen LogP contribution in [0.2, 0.25) is 0 Å². The summed E-state index contributed by atoms with van der Waals surface area (Å²) < 4.78 is 43.4. The van der Waals surface area contributed by atoms with Gasteiger partial charge in [0.15, 0.2) is 0 Å². The van der Waals surface area contributed by atoms with E-state index >= 15 is 0 Å². The number of hydrogen-bond donors (Lipinski definition) is 6. The SMILES string of the molecule is O.O.O=P([O-])(O)OP(=O)([O-])O.O=P([O-])(O)OP(=O)([O-])O.[Co+2].[NH3+]Cc1cccc(C[NH3+])c1.[OH3+].[OH3+]. The zero-order valence-corrected chi connectivity index (χ0v) is 20.9. The van der Waals surface area contributed by atoms with E-state index in [9.17, 15) is 37.8 Å². The van der Waals surface area contributed by atoms with E-state index in [1.165, 1.54) is 11.1 Å². The molecular formula is C8H28CoN2O18P4+2. The van der Waals surface area contributed by atoms with Gasteiger partial charge in [0.1, 0.15) is 0 Å². The molecule has 0 heterocycles. The molecular weight excluding hydrogens is 595 g/mol. The monoisotopic (exact) mass is 623 g/mol. The molecule has 1 rings (SSSR count). The standard InChI is InChI=1S/C8H12N2.Co.2H4O7P2.4H2O/c9-5-7-2-1-3-8(4-7)6-10;;2*1-8(2,3)7-9(4,5)6;;;;/h1-4H,5-6,9-10H2;;2*(H2,1,2,3)(H2,4,5,6);4*1H2/q;+2;;;;;;. The van der Waals surface area contributed by atoms with Gasteiger partial charge in [-0.2, -0.15) is 0 Å². The van der Waals surface area contributed by atoms with Crippen molar-refractivity contribution in [2.24, 2.45) is 0 Å². The molecule has 0 bridgehead atoms. The van der Waals surface area contributed by atoms with E-state index in [0.717, 1.165) is 13.1 Å². The Bertz CT molecular complexity index is 686. The summed E-state index contributed by atoms with van der Waals surface area (Å²) in [6, 6.07) is 8.39. The predicted molar refractivity (Wildman–Crippen MR) is 98.1 cm³/mol. The molecule has 25 heteroatoms. The summed E-state index contributed by atoms with van der Waals surface area (Å²) in [5.74, 6) is 0. The van der Waals surface area contributed by atoms with Crippen molar-refractivity contribution >= 4 is 31.3 Å². The number of phosphoric acid groups is 4. The Labute approximate surface area is 196 Å². The average molecular weight is 623 g/mol. The third-order valence-corrected chi connectivity index (χ3v) is 5.28. The maximum absolute atomic E-state index is 9.48. The normalized spacial score (nSPS) is 16.3. The van der Waals surface area contributed by atoms with E-state index in [1.54, 1.807) is 0 Å². The number of rotatable bonds is 6. The average Bonchev–Trinajstić information content (AvgIpc) is 2.40. The maximum atomic E-state index is 9.48. The second kappa shape index (κ2) is 21.3. The molecule has 0 amide bonds. The van der Waals surface area contributed by atoms with Gasteiger partial charge in [0.05, 0.1) is 13.1 Å². The molecule has 1 aromatic carbocycles. The third-order valence-electron chi connectivity index (χ3n) is 1.98. The van der Waals surface area contributed by atoms with Crippen LogP contribution in [0.5, 0.6) is 0 Å². The first kappa shape index (κ1) is 50.0. The van der Waals surface area contributed by atoms with Crippen LogP contribution in [0.3, 0.4) is 0 Å². The van der Waals surface area contributed by atoms with Gasteiger partial charge in [-0.3, -0.25) is 18.3 Å². The Kier molecular flexibility index (Phi) is 32.3. The van der Waals surface area contributed by atoms with Crippen LogP contribution in [0.1, 0.15) is 11.1 Å². The first-order valence-corrected chi connectivity index (χ1v) is 12.5. The molecule has 0 saturated heterocycles. The summed E-state index contributed by atoms with van der Waals surface area (Å²) in [4.78, 5) is 68.3. The molecule has 1 radical (unpaired) electrons. The fraction of sp³-hybridized carbons (Fsp3) is 0.250. The summed E-state index contributed by atoms with van der Waals surface area (Å²) in [7, 11) is -21.5. The van der Waals surface area contributed by atoms with Crippen LogP contribution >= 0.6 is 31.3 Å². The van der Waals surface area contributed by atoms with Gasteiger partial charge in [-0.15, -0.1) is 0 Å². The summed E-state index contributed by atoms with van der Waals surface area (Å²) >= 11 is 0. The van der Waals surface area contributed by atoms with E-state index < -0.39 is 31.3 Å². The third kappa shape index (κ3) is 42.6. The zero-order valence-electron chi connectivity index (χ0n) is 16.3. The van der Waals surface area contributed by atoms with Gasteiger partial charge in [0, 0.05) is 11.1 Å². The van der Waals surface area contributed by atoms with Crippen molar-refractivity contribution in [1.82, 2.24) is 0 Å². The van der Waals surface area contributed by atoms with Crippen LogP contribution in [0.25, 0.3) is 0 Å². The van der Waals surface area contributed by atoms with Crippen LogP contribution in [0.15, 0.2) is 24.3 Å². The smallest absolute Gasteiger partial charge is 0.756 e. The molecule has 0 spiro atoms. The number of quaternary nitrogens is 2. The van der Waals surface area contributed by atoms with Crippen LogP contribution in [0.4, 0.5) is 0 Å². The number of benzene rings is 1. The second-order valence-electron chi connectivity index (χ2n) is 4.36. The van der Waals surface area contributed by atoms with Gasteiger partial charge in [0.25, 0.3) is 31.3 Å². The molecule has 0 aliphatic heterocycles. The summed E-state index contributed by atoms with van der Waals surface area (Å²) in [6.07, 6.45) is 0. The van der Waals surface area contributed by atoms with Crippen molar-refractivity contribution in [2.45, 2.75) is 13.1 Å². The molecule has 0 aliphatic carbocycles. The molecule has 4 atom stereocenters. The molecule has 20 nitrogen and oxygen atoms in total. The van der Waals surface area contributed by atoms with Crippen molar-refractivity contribution in [2.75, 3.05) is 0 Å². The molecule has 205 valence electrons. The summed E-state index contributed by atoms with van der Waals surface area (Å²) in [6.45, 7) is 1.74. The van der Waals surface area contributed by atoms with Gasteiger partial charge in [-0.25, -0.2) is 8.62 Å². The fourth-order valence-corrected chi connectivity index (χ4v) is 3.29. The van der Waals surface area contributed by atoms with Crippen LogP contribution in [0, 0.1) is 0 Å². The zero-order chi connectivity index (χ0) is 22.8. The largest absolute Gasteiger partial charge is 2.00 e. The number of hydrogen-bond acceptors (Lipinski definition) is 10. The fourth-order valence-electron chi connectivity index (χ4n) is 1.20. The van der Waals surface area contributed by atoms with E-state index in [4.69, 9.17) is 19.6 Å². The topological polar surface area (TPSA) is 444 Å². The quantitative estimate of drug-likeness (QED) is 0.127. The predicted octanol–water partition coefficient (Wildman–Crippen LogP) is -8.48. The van der Waals surface area contributed by atoms with Gasteiger partial charge >= 0.3 is 16.8 Å². The Balaban J connectivity index is -0.0000000573. The van der Waals surface area contributed by atoms with Crippen LogP contribution < -0.4 is 31.0 Å². The maximum Gasteiger partial charge on any atom is 2.00 e. The van der Waals surface area contributed by atoms with Crippen molar-refractivity contribution in [3.8, 4) is 0 Å². The first-order chi connectivity index (χ1) is 12.3. The molecule has 33 heavy (non-hydrogen) atoms. The Hall–Kier alpha value is 0.00649. The molecule has 0 aliphatic rings. The van der Waals surface area contributed by atoms with Gasteiger partial charge < -0.3 is 72.5 Å². The van der Waals surface area contributed by atoms with Crippen molar-refractivity contribution in [3.63, 3.8) is 0 Å². The Morgan fingerprint density at radius 1 is 0.697 bits per heavy atom. The molecule has 4 unspecified atom stereocenters. The summed E-state index contributed by atoms with van der Waals surface area (Å²) in [5, 5.41) is 0. The van der Waals surface area contributed by atoms with E-state index in [2.05, 4.69) is 44.4 Å². The van der Waals surface area contributed by atoms with Crippen LogP contribution in [-0.2, 0) is 67.7 Å². The van der Waals surface area contributed by atoms with Crippen molar-refractivity contribution < 1.29 is 116 Å². The first-order valence-electron chi connectivity index (χ1n) is 6.52. The molecule has 0 fully saturated rings. The van der Waals surface area contributed by atoms with Gasteiger partial charge in [-0.1, -0.05) is 18.2 Å². The molecule has 20 N–H and O–H groups in total. The van der Waals surface area contributed by atoms with Crippen molar-refractivity contribution in [3.05, 3.63) is 35.4 Å². The van der Waals surface area contributed by atoms with E-state index in [0.29, 0.717) is 0 Å². The van der Waals surface area contributed by atoms with Gasteiger partial charge in [-0.05, 0) is 6.07 Å². The van der Waals surface area contributed by atoms with Crippen LogP contribution in [-0.4, -0.2) is 30.5 Å². The van der Waals surface area contributed by atoms with E-state index in [1.807, 2.05) is 0 Å². The minimum atomic E-state index is -5.36. The van der Waals surface area contributed by atoms with E-state index in [-0.39, 0.29) is 38.7 Å². The second-order valence-corrected chi connectivity index (χ2v) is 9.41. The minimum absolute atomic E-state index is 0. The Morgan fingerprint density at radius 2 is 0.909 bits per heavy atom. The van der Waals surface area contributed by atoms with Gasteiger partial charge in [0.2, 0.25) is 0 Å². The Morgan fingerprint density at radius 3 is 1.03 bits per heavy atom. The molecule has 0 aromatic heterocycles.